The summed E-state index contributed by atoms with van der Waals surface area (Å²) in [7, 11) is 0. The van der Waals surface area contributed by atoms with Gasteiger partial charge in [-0.15, -0.1) is 0 Å². The first-order valence-corrected chi connectivity index (χ1v) is 6.51. The number of primary amides is 1. The fourth-order valence-corrected chi connectivity index (χ4v) is 1.76. The number of nitrogens with one attached hydrogen (secondary N) is 1. The van der Waals surface area contributed by atoms with Gasteiger partial charge in [0.05, 0.1) is 0 Å². The standard InChI is InChI=1S/C15H15ClN2O2/c16-12-3-5-13(6-4-12)18-9-11-1-7-14(8-2-11)20-10-15(17)19/h1-8,18H,9-10H2,(H2,17,19). The van der Waals surface area contributed by atoms with Crippen molar-refractivity contribution in [1.82, 2.24) is 0 Å². The lowest BCUT2D eigenvalue weighted by molar-refractivity contribution is -0.119. The minimum Gasteiger partial charge on any atom is -0.484 e. The van der Waals surface area contributed by atoms with Crippen LogP contribution in [0.5, 0.6) is 5.75 Å². The molecule has 0 aliphatic carbocycles. The quantitative estimate of drug-likeness (QED) is 0.860. The van der Waals surface area contributed by atoms with E-state index in [-0.39, 0.29) is 6.61 Å². The second-order valence-corrected chi connectivity index (χ2v) is 4.70. The van der Waals surface area contributed by atoms with E-state index in [2.05, 4.69) is 5.32 Å². The average Bonchev–Trinajstić information content (AvgIpc) is 2.45. The van der Waals surface area contributed by atoms with Gasteiger partial charge in [-0.05, 0) is 42.0 Å². The molecule has 0 aliphatic rings. The Labute approximate surface area is 122 Å². The molecule has 0 bridgehead atoms. The second-order valence-electron chi connectivity index (χ2n) is 4.26. The Hall–Kier alpha value is -2.20. The smallest absolute Gasteiger partial charge is 0.255 e. The molecule has 2 aromatic rings. The van der Waals surface area contributed by atoms with Crippen LogP contribution in [0.4, 0.5) is 5.69 Å². The van der Waals surface area contributed by atoms with Gasteiger partial charge >= 0.3 is 0 Å². The number of amides is 1. The molecule has 0 fully saturated rings. The molecule has 5 heteroatoms. The Morgan fingerprint density at radius 1 is 1.10 bits per heavy atom. The van der Waals surface area contributed by atoms with E-state index in [4.69, 9.17) is 22.1 Å². The largest absolute Gasteiger partial charge is 0.484 e. The van der Waals surface area contributed by atoms with E-state index in [1.165, 1.54) is 0 Å². The predicted molar refractivity (Wildman–Crippen MR) is 79.9 cm³/mol. The molecule has 0 heterocycles. The van der Waals surface area contributed by atoms with Crippen molar-refractivity contribution in [2.45, 2.75) is 6.54 Å². The summed E-state index contributed by atoms with van der Waals surface area (Å²) in [6.07, 6.45) is 0. The summed E-state index contributed by atoms with van der Waals surface area (Å²) in [4.78, 5) is 10.6. The number of nitrogens with two attached hydrogens (primary N) is 1. The van der Waals surface area contributed by atoms with E-state index < -0.39 is 5.91 Å². The summed E-state index contributed by atoms with van der Waals surface area (Å²) in [6, 6.07) is 15.0. The number of hydrogen-bond acceptors (Lipinski definition) is 3. The van der Waals surface area contributed by atoms with Gasteiger partial charge in [0.15, 0.2) is 6.61 Å². The molecule has 0 saturated heterocycles. The number of rotatable bonds is 6. The van der Waals surface area contributed by atoms with E-state index in [9.17, 15) is 4.79 Å². The summed E-state index contributed by atoms with van der Waals surface area (Å²) in [5, 5.41) is 4.00. The van der Waals surface area contributed by atoms with E-state index >= 15 is 0 Å². The Morgan fingerprint density at radius 3 is 2.35 bits per heavy atom. The molecule has 4 nitrogen and oxygen atoms in total. The number of hydrogen-bond donors (Lipinski definition) is 2. The van der Waals surface area contributed by atoms with Crippen LogP contribution in [0.15, 0.2) is 48.5 Å². The third-order valence-electron chi connectivity index (χ3n) is 2.65. The first-order valence-electron chi connectivity index (χ1n) is 6.13. The van der Waals surface area contributed by atoms with Gasteiger partial charge in [-0.2, -0.15) is 0 Å². The first kappa shape index (κ1) is 14.2. The van der Waals surface area contributed by atoms with Crippen molar-refractivity contribution >= 4 is 23.2 Å². The van der Waals surface area contributed by atoms with Gasteiger partial charge in [-0.1, -0.05) is 23.7 Å². The molecule has 0 unspecified atom stereocenters. The van der Waals surface area contributed by atoms with Crippen LogP contribution in [-0.2, 0) is 11.3 Å². The number of ether oxygens (including phenoxy) is 1. The lowest BCUT2D eigenvalue weighted by Gasteiger charge is -2.08. The number of halogens is 1. The zero-order chi connectivity index (χ0) is 14.4. The van der Waals surface area contributed by atoms with Crippen LogP contribution in [0.25, 0.3) is 0 Å². The predicted octanol–water partition coefficient (Wildman–Crippen LogP) is 2.82. The molecule has 104 valence electrons. The Morgan fingerprint density at radius 2 is 1.75 bits per heavy atom. The lowest BCUT2D eigenvalue weighted by Crippen LogP contribution is -2.19. The Balaban J connectivity index is 1.87. The van der Waals surface area contributed by atoms with Crippen molar-refractivity contribution in [3.8, 4) is 5.75 Å². The highest BCUT2D eigenvalue weighted by atomic mass is 35.5. The van der Waals surface area contributed by atoms with Crippen LogP contribution < -0.4 is 15.8 Å². The molecule has 2 aromatic carbocycles. The Kier molecular flexibility index (Phi) is 4.85. The summed E-state index contributed by atoms with van der Waals surface area (Å²) >= 11 is 5.82. The molecule has 20 heavy (non-hydrogen) atoms. The van der Waals surface area contributed by atoms with Crippen LogP contribution in [0.2, 0.25) is 5.02 Å². The molecule has 0 radical (unpaired) electrons. The zero-order valence-corrected chi connectivity index (χ0v) is 11.6. The third-order valence-corrected chi connectivity index (χ3v) is 2.90. The van der Waals surface area contributed by atoms with Crippen LogP contribution in [0, 0.1) is 0 Å². The fourth-order valence-electron chi connectivity index (χ4n) is 1.63. The normalized spacial score (nSPS) is 10.1. The molecular weight excluding hydrogens is 276 g/mol. The molecule has 0 atom stereocenters. The Bertz CT molecular complexity index is 567. The number of benzene rings is 2. The number of carbonyl (C=O) groups is 1. The molecular formula is C15H15ClN2O2. The second kappa shape index (κ2) is 6.82. The molecule has 0 aliphatic heterocycles. The van der Waals surface area contributed by atoms with Crippen LogP contribution in [0.1, 0.15) is 5.56 Å². The molecule has 1 amide bonds. The van der Waals surface area contributed by atoms with Crippen LogP contribution in [0.3, 0.4) is 0 Å². The first-order chi connectivity index (χ1) is 9.63. The van der Waals surface area contributed by atoms with E-state index in [1.807, 2.05) is 48.5 Å². The summed E-state index contributed by atoms with van der Waals surface area (Å²) in [5.41, 5.74) is 7.12. The van der Waals surface area contributed by atoms with Gasteiger partial charge in [0.1, 0.15) is 5.75 Å². The van der Waals surface area contributed by atoms with Crippen molar-refractivity contribution < 1.29 is 9.53 Å². The van der Waals surface area contributed by atoms with E-state index in [0.717, 1.165) is 11.3 Å². The zero-order valence-electron chi connectivity index (χ0n) is 10.8. The lowest BCUT2D eigenvalue weighted by atomic mass is 10.2. The summed E-state index contributed by atoms with van der Waals surface area (Å²) in [5.74, 6) is 0.137. The van der Waals surface area contributed by atoms with Gasteiger partial charge in [-0.3, -0.25) is 4.79 Å². The van der Waals surface area contributed by atoms with Crippen LogP contribution in [-0.4, -0.2) is 12.5 Å². The minimum atomic E-state index is -0.488. The number of anilines is 1. The highest BCUT2D eigenvalue weighted by Crippen LogP contribution is 2.16. The van der Waals surface area contributed by atoms with Gasteiger partial charge < -0.3 is 15.8 Å². The maximum absolute atomic E-state index is 10.6. The van der Waals surface area contributed by atoms with Gasteiger partial charge in [0.2, 0.25) is 0 Å². The van der Waals surface area contributed by atoms with Crippen LogP contribution >= 0.6 is 11.6 Å². The maximum atomic E-state index is 10.6. The molecule has 0 aromatic heterocycles. The van der Waals surface area contributed by atoms with Crippen molar-refractivity contribution in [3.05, 3.63) is 59.1 Å². The molecule has 2 rings (SSSR count). The number of carbonyl (C=O) groups excluding carboxylic acids is 1. The molecule has 0 spiro atoms. The van der Waals surface area contributed by atoms with Crippen molar-refractivity contribution in [2.75, 3.05) is 11.9 Å². The topological polar surface area (TPSA) is 64.4 Å². The maximum Gasteiger partial charge on any atom is 0.255 e. The summed E-state index contributed by atoms with van der Waals surface area (Å²) in [6.45, 7) is 0.583. The molecule has 0 saturated carbocycles. The summed E-state index contributed by atoms with van der Waals surface area (Å²) < 4.78 is 5.19. The molecule has 3 N–H and O–H groups in total. The monoisotopic (exact) mass is 290 g/mol. The van der Waals surface area contributed by atoms with E-state index in [1.54, 1.807) is 0 Å². The van der Waals surface area contributed by atoms with E-state index in [0.29, 0.717) is 17.3 Å². The van der Waals surface area contributed by atoms with Crippen molar-refractivity contribution in [3.63, 3.8) is 0 Å². The fraction of sp³-hybridized carbons (Fsp3) is 0.133. The van der Waals surface area contributed by atoms with Crippen molar-refractivity contribution in [1.29, 1.82) is 0 Å². The van der Waals surface area contributed by atoms with Gasteiger partial charge in [-0.25, -0.2) is 0 Å². The van der Waals surface area contributed by atoms with Crippen molar-refractivity contribution in [2.24, 2.45) is 5.73 Å². The van der Waals surface area contributed by atoms with Gasteiger partial charge in [0, 0.05) is 17.3 Å². The third kappa shape index (κ3) is 4.48. The highest BCUT2D eigenvalue weighted by Gasteiger charge is 1.99. The highest BCUT2D eigenvalue weighted by molar-refractivity contribution is 6.30. The van der Waals surface area contributed by atoms with Gasteiger partial charge in [0.25, 0.3) is 5.91 Å². The minimum absolute atomic E-state index is 0.109. The SMILES string of the molecule is NC(=O)COc1ccc(CNc2ccc(Cl)cc2)cc1. The average molecular weight is 291 g/mol.